The van der Waals surface area contributed by atoms with Crippen molar-refractivity contribution >= 4 is 11.8 Å². The highest BCUT2D eigenvalue weighted by molar-refractivity contribution is 5.89. The van der Waals surface area contributed by atoms with Crippen molar-refractivity contribution in [2.75, 3.05) is 59.5 Å². The zero-order valence-electron chi connectivity index (χ0n) is 16.2. The van der Waals surface area contributed by atoms with Crippen molar-refractivity contribution in [1.82, 2.24) is 14.7 Å². The van der Waals surface area contributed by atoms with Crippen molar-refractivity contribution in [2.24, 2.45) is 5.92 Å². The van der Waals surface area contributed by atoms with Gasteiger partial charge in [0.25, 0.3) is 0 Å². The van der Waals surface area contributed by atoms with Crippen molar-refractivity contribution in [1.29, 1.82) is 0 Å². The molecule has 3 rings (SSSR count). The van der Waals surface area contributed by atoms with E-state index in [-0.39, 0.29) is 17.7 Å². The lowest BCUT2D eigenvalue weighted by Gasteiger charge is -2.35. The van der Waals surface area contributed by atoms with Crippen molar-refractivity contribution in [2.45, 2.75) is 13.3 Å². The van der Waals surface area contributed by atoms with E-state index in [9.17, 15) is 9.59 Å². The molecule has 1 aromatic rings. The third-order valence-corrected chi connectivity index (χ3v) is 5.35. The fourth-order valence-corrected chi connectivity index (χ4v) is 3.68. The predicted molar refractivity (Wildman–Crippen MR) is 102 cm³/mol. The topological polar surface area (TPSA) is 62.3 Å². The summed E-state index contributed by atoms with van der Waals surface area (Å²) in [7, 11) is 1.64. The van der Waals surface area contributed by atoms with E-state index in [0.29, 0.717) is 26.1 Å². The Hall–Kier alpha value is -2.28. The Balaban J connectivity index is 1.38. The maximum atomic E-state index is 12.7. The summed E-state index contributed by atoms with van der Waals surface area (Å²) in [5.41, 5.74) is 0. The number of likely N-dealkylation sites (tertiary alicyclic amines) is 1. The Bertz CT molecular complexity index is 658. The molecule has 2 fully saturated rings. The summed E-state index contributed by atoms with van der Waals surface area (Å²) in [5, 5.41) is 0. The number of methoxy groups -OCH3 is 1. The first-order valence-electron chi connectivity index (χ1n) is 9.66. The summed E-state index contributed by atoms with van der Waals surface area (Å²) in [6, 6.07) is 7.59. The number of hydrogen-bond donors (Lipinski definition) is 0. The van der Waals surface area contributed by atoms with Crippen LogP contribution in [-0.4, -0.2) is 86.0 Å². The first-order chi connectivity index (χ1) is 13.1. The zero-order valence-corrected chi connectivity index (χ0v) is 16.2. The van der Waals surface area contributed by atoms with E-state index in [0.717, 1.165) is 44.2 Å². The molecule has 0 aliphatic carbocycles. The molecule has 1 atom stereocenters. The van der Waals surface area contributed by atoms with E-state index in [1.54, 1.807) is 12.0 Å². The molecule has 0 radical (unpaired) electrons. The summed E-state index contributed by atoms with van der Waals surface area (Å²) in [6.07, 6.45) is 0.362. The molecule has 2 saturated heterocycles. The highest BCUT2D eigenvalue weighted by Gasteiger charge is 2.36. The highest BCUT2D eigenvalue weighted by Crippen LogP contribution is 2.21. The van der Waals surface area contributed by atoms with Gasteiger partial charge in [-0.15, -0.1) is 0 Å². The predicted octanol–water partition coefficient (Wildman–Crippen LogP) is 1.09. The third-order valence-electron chi connectivity index (χ3n) is 5.35. The average Bonchev–Trinajstić information content (AvgIpc) is 3.09. The fraction of sp³-hybridized carbons (Fsp3) is 0.600. The van der Waals surface area contributed by atoms with Crippen LogP contribution >= 0.6 is 0 Å². The minimum atomic E-state index is -0.166. The van der Waals surface area contributed by atoms with Crippen LogP contribution in [0.2, 0.25) is 0 Å². The molecule has 0 bridgehead atoms. The molecule has 2 heterocycles. The van der Waals surface area contributed by atoms with E-state index in [2.05, 4.69) is 4.90 Å². The maximum Gasteiger partial charge on any atom is 0.228 e. The van der Waals surface area contributed by atoms with Crippen LogP contribution < -0.4 is 9.47 Å². The number of nitrogens with zero attached hydrogens (tertiary/aromatic N) is 3. The average molecular weight is 375 g/mol. The molecule has 7 heteroatoms. The van der Waals surface area contributed by atoms with E-state index in [1.807, 2.05) is 36.1 Å². The first-order valence-corrected chi connectivity index (χ1v) is 9.66. The monoisotopic (exact) mass is 375 g/mol. The Labute approximate surface area is 160 Å². The molecule has 0 spiro atoms. The standard InChI is InChI=1S/C20H29N3O4/c1-3-22-15-16(13-19(22)24)20(25)23-9-7-21(8-10-23)11-12-27-18-6-4-5-17(14-18)26-2/h4-6,14,16H,3,7-13,15H2,1-2H3/t16-/m1/s1. The van der Waals surface area contributed by atoms with Crippen molar-refractivity contribution < 1.29 is 19.1 Å². The number of amides is 2. The van der Waals surface area contributed by atoms with Crippen LogP contribution in [0, 0.1) is 5.92 Å². The molecule has 0 saturated carbocycles. The van der Waals surface area contributed by atoms with E-state index >= 15 is 0 Å². The number of carbonyl (C=O) groups excluding carboxylic acids is 2. The molecule has 1 aromatic carbocycles. The van der Waals surface area contributed by atoms with Crippen molar-refractivity contribution in [3.05, 3.63) is 24.3 Å². The molecular formula is C20H29N3O4. The molecular weight excluding hydrogens is 346 g/mol. The number of piperazine rings is 1. The number of rotatable bonds is 7. The summed E-state index contributed by atoms with van der Waals surface area (Å²) in [5.74, 6) is 1.65. The normalized spacial score (nSPS) is 20.8. The minimum absolute atomic E-state index is 0.101. The third kappa shape index (κ3) is 4.91. The van der Waals surface area contributed by atoms with Crippen LogP contribution in [0.4, 0.5) is 0 Å². The van der Waals surface area contributed by atoms with Gasteiger partial charge in [-0.1, -0.05) is 6.07 Å². The van der Waals surface area contributed by atoms with Crippen molar-refractivity contribution in [3.63, 3.8) is 0 Å². The maximum absolute atomic E-state index is 12.7. The summed E-state index contributed by atoms with van der Waals surface area (Å²) >= 11 is 0. The zero-order chi connectivity index (χ0) is 19.2. The van der Waals surface area contributed by atoms with Crippen LogP contribution in [0.5, 0.6) is 11.5 Å². The van der Waals surface area contributed by atoms with Gasteiger partial charge < -0.3 is 19.3 Å². The highest BCUT2D eigenvalue weighted by atomic mass is 16.5. The number of benzene rings is 1. The van der Waals surface area contributed by atoms with Crippen LogP contribution in [-0.2, 0) is 9.59 Å². The summed E-state index contributed by atoms with van der Waals surface area (Å²) in [6.45, 7) is 7.75. The molecule has 2 aliphatic heterocycles. The van der Waals surface area contributed by atoms with Gasteiger partial charge in [0.1, 0.15) is 18.1 Å². The van der Waals surface area contributed by atoms with E-state index in [4.69, 9.17) is 9.47 Å². The van der Waals surface area contributed by atoms with Crippen LogP contribution in [0.1, 0.15) is 13.3 Å². The van der Waals surface area contributed by atoms with E-state index in [1.165, 1.54) is 0 Å². The molecule has 2 aliphatic rings. The second kappa shape index (κ2) is 9.08. The SMILES string of the molecule is CCN1C[C@H](C(=O)N2CCN(CCOc3cccc(OC)c3)CC2)CC1=O. The Morgan fingerprint density at radius 3 is 2.59 bits per heavy atom. The summed E-state index contributed by atoms with van der Waals surface area (Å²) in [4.78, 5) is 30.5. The largest absolute Gasteiger partial charge is 0.497 e. The second-order valence-corrected chi connectivity index (χ2v) is 7.03. The van der Waals surface area contributed by atoms with E-state index < -0.39 is 0 Å². The summed E-state index contributed by atoms with van der Waals surface area (Å²) < 4.78 is 11.0. The van der Waals surface area contributed by atoms with Gasteiger partial charge in [0.05, 0.1) is 13.0 Å². The van der Waals surface area contributed by atoms with Gasteiger partial charge in [0.15, 0.2) is 0 Å². The minimum Gasteiger partial charge on any atom is -0.497 e. The Morgan fingerprint density at radius 1 is 1.19 bits per heavy atom. The lowest BCUT2D eigenvalue weighted by atomic mass is 10.1. The molecule has 0 unspecified atom stereocenters. The van der Waals surface area contributed by atoms with Crippen LogP contribution in [0.25, 0.3) is 0 Å². The lowest BCUT2D eigenvalue weighted by Crippen LogP contribution is -2.51. The Morgan fingerprint density at radius 2 is 1.93 bits per heavy atom. The molecule has 0 aromatic heterocycles. The quantitative estimate of drug-likeness (QED) is 0.714. The number of ether oxygens (including phenoxy) is 2. The molecule has 148 valence electrons. The first kappa shape index (κ1) is 19.5. The van der Waals surface area contributed by atoms with Gasteiger partial charge in [-0.3, -0.25) is 14.5 Å². The number of carbonyl (C=O) groups is 2. The van der Waals surface area contributed by atoms with Gasteiger partial charge in [-0.25, -0.2) is 0 Å². The molecule has 0 N–H and O–H groups in total. The molecule has 7 nitrogen and oxygen atoms in total. The fourth-order valence-electron chi connectivity index (χ4n) is 3.68. The van der Waals surface area contributed by atoms with Crippen molar-refractivity contribution in [3.8, 4) is 11.5 Å². The van der Waals surface area contributed by atoms with Gasteiger partial charge in [-0.2, -0.15) is 0 Å². The Kier molecular flexibility index (Phi) is 6.55. The smallest absolute Gasteiger partial charge is 0.228 e. The van der Waals surface area contributed by atoms with Gasteiger partial charge >= 0.3 is 0 Å². The van der Waals surface area contributed by atoms with Gasteiger partial charge in [0.2, 0.25) is 11.8 Å². The van der Waals surface area contributed by atoms with Crippen LogP contribution in [0.15, 0.2) is 24.3 Å². The molecule has 2 amide bonds. The van der Waals surface area contributed by atoms with Gasteiger partial charge in [-0.05, 0) is 19.1 Å². The molecule has 27 heavy (non-hydrogen) atoms. The number of hydrogen-bond acceptors (Lipinski definition) is 5. The van der Waals surface area contributed by atoms with Gasteiger partial charge in [0, 0.05) is 58.3 Å². The second-order valence-electron chi connectivity index (χ2n) is 7.03. The van der Waals surface area contributed by atoms with Crippen LogP contribution in [0.3, 0.4) is 0 Å². The lowest BCUT2D eigenvalue weighted by molar-refractivity contribution is -0.137.